The molecule has 1 unspecified atom stereocenters. The van der Waals surface area contributed by atoms with Gasteiger partial charge in [-0.25, -0.2) is 0 Å². The largest absolute Gasteiger partial charge is 0.370 e. The molecule has 19 heavy (non-hydrogen) atoms. The SMILES string of the molecule is CCCC(OCC)c1noc(-c2sccc2C#N)n1. The fourth-order valence-electron chi connectivity index (χ4n) is 1.77. The van der Waals surface area contributed by atoms with Gasteiger partial charge in [0.15, 0.2) is 0 Å². The molecular formula is C13H15N3O2S. The summed E-state index contributed by atoms with van der Waals surface area (Å²) in [5, 5.41) is 14.8. The molecule has 100 valence electrons. The molecule has 5 nitrogen and oxygen atoms in total. The molecular weight excluding hydrogens is 262 g/mol. The van der Waals surface area contributed by atoms with E-state index < -0.39 is 0 Å². The predicted molar refractivity (Wildman–Crippen MR) is 71.6 cm³/mol. The Labute approximate surface area is 115 Å². The third kappa shape index (κ3) is 3.00. The van der Waals surface area contributed by atoms with Crippen molar-refractivity contribution in [1.29, 1.82) is 5.26 Å². The molecule has 0 saturated heterocycles. The van der Waals surface area contributed by atoms with Gasteiger partial charge in [-0.3, -0.25) is 0 Å². The number of hydrogen-bond acceptors (Lipinski definition) is 6. The number of nitrogens with zero attached hydrogens (tertiary/aromatic N) is 3. The Balaban J connectivity index is 2.25. The molecule has 2 aromatic rings. The Bertz CT molecular complexity index is 564. The Morgan fingerprint density at radius 2 is 2.37 bits per heavy atom. The first kappa shape index (κ1) is 13.7. The van der Waals surface area contributed by atoms with Gasteiger partial charge in [-0.05, 0) is 24.8 Å². The third-order valence-electron chi connectivity index (χ3n) is 2.63. The van der Waals surface area contributed by atoms with Gasteiger partial charge in [0.25, 0.3) is 5.89 Å². The molecule has 0 spiro atoms. The maximum atomic E-state index is 9.00. The smallest absolute Gasteiger partial charge is 0.269 e. The second kappa shape index (κ2) is 6.45. The number of nitriles is 1. The minimum absolute atomic E-state index is 0.141. The molecule has 0 aliphatic heterocycles. The van der Waals surface area contributed by atoms with E-state index in [-0.39, 0.29) is 6.10 Å². The first-order valence-corrected chi connectivity index (χ1v) is 7.11. The van der Waals surface area contributed by atoms with E-state index in [1.54, 1.807) is 6.07 Å². The Morgan fingerprint density at radius 3 is 3.05 bits per heavy atom. The predicted octanol–water partition coefficient (Wildman–Crippen LogP) is 3.55. The minimum atomic E-state index is -0.141. The second-order valence-electron chi connectivity index (χ2n) is 3.97. The summed E-state index contributed by atoms with van der Waals surface area (Å²) < 4.78 is 10.9. The van der Waals surface area contributed by atoms with Gasteiger partial charge in [-0.15, -0.1) is 11.3 Å². The van der Waals surface area contributed by atoms with Crippen molar-refractivity contribution in [1.82, 2.24) is 10.1 Å². The van der Waals surface area contributed by atoms with Crippen LogP contribution in [0.25, 0.3) is 10.8 Å². The first-order valence-electron chi connectivity index (χ1n) is 6.23. The Kier molecular flexibility index (Phi) is 4.66. The molecule has 0 fully saturated rings. The van der Waals surface area contributed by atoms with E-state index in [1.807, 2.05) is 12.3 Å². The second-order valence-corrected chi connectivity index (χ2v) is 4.88. The molecule has 0 aromatic carbocycles. The lowest BCUT2D eigenvalue weighted by molar-refractivity contribution is 0.0478. The van der Waals surface area contributed by atoms with Crippen molar-refractivity contribution in [2.75, 3.05) is 6.61 Å². The van der Waals surface area contributed by atoms with E-state index in [2.05, 4.69) is 23.1 Å². The summed E-state index contributed by atoms with van der Waals surface area (Å²) in [4.78, 5) is 5.07. The molecule has 2 rings (SSSR count). The fourth-order valence-corrected chi connectivity index (χ4v) is 2.54. The van der Waals surface area contributed by atoms with Crippen LogP contribution in [0.4, 0.5) is 0 Å². The van der Waals surface area contributed by atoms with Gasteiger partial charge in [-0.1, -0.05) is 18.5 Å². The van der Waals surface area contributed by atoms with Gasteiger partial charge in [-0.2, -0.15) is 10.2 Å². The average molecular weight is 277 g/mol. The third-order valence-corrected chi connectivity index (χ3v) is 3.53. The highest BCUT2D eigenvalue weighted by molar-refractivity contribution is 7.13. The lowest BCUT2D eigenvalue weighted by Gasteiger charge is -2.10. The van der Waals surface area contributed by atoms with Crippen molar-refractivity contribution < 1.29 is 9.26 Å². The highest BCUT2D eigenvalue weighted by Crippen LogP contribution is 2.29. The zero-order valence-corrected chi connectivity index (χ0v) is 11.7. The van der Waals surface area contributed by atoms with Gasteiger partial charge < -0.3 is 9.26 Å². The molecule has 6 heteroatoms. The van der Waals surface area contributed by atoms with Crippen molar-refractivity contribution in [3.63, 3.8) is 0 Å². The summed E-state index contributed by atoms with van der Waals surface area (Å²) in [5.74, 6) is 0.943. The normalized spacial score (nSPS) is 12.3. The van der Waals surface area contributed by atoms with E-state index in [9.17, 15) is 0 Å². The van der Waals surface area contributed by atoms with Crippen LogP contribution in [0.1, 0.15) is 44.2 Å². The monoisotopic (exact) mass is 277 g/mol. The van der Waals surface area contributed by atoms with E-state index in [0.717, 1.165) is 12.8 Å². The molecule has 0 amide bonds. The van der Waals surface area contributed by atoms with Crippen molar-refractivity contribution in [3.8, 4) is 16.8 Å². The topological polar surface area (TPSA) is 71.9 Å². The van der Waals surface area contributed by atoms with Gasteiger partial charge in [0.05, 0.1) is 5.56 Å². The molecule has 0 N–H and O–H groups in total. The molecule has 0 saturated carbocycles. The highest BCUT2D eigenvalue weighted by Gasteiger charge is 2.20. The van der Waals surface area contributed by atoms with Crippen molar-refractivity contribution in [2.24, 2.45) is 0 Å². The summed E-state index contributed by atoms with van der Waals surface area (Å²) in [6.07, 6.45) is 1.69. The zero-order chi connectivity index (χ0) is 13.7. The molecule has 2 heterocycles. The van der Waals surface area contributed by atoms with Crippen molar-refractivity contribution in [3.05, 3.63) is 22.8 Å². The van der Waals surface area contributed by atoms with Crippen LogP contribution in [0.3, 0.4) is 0 Å². The van der Waals surface area contributed by atoms with E-state index in [4.69, 9.17) is 14.5 Å². The number of thiophene rings is 1. The number of aromatic nitrogens is 2. The summed E-state index contributed by atoms with van der Waals surface area (Å²) >= 11 is 1.42. The summed E-state index contributed by atoms with van der Waals surface area (Å²) in [6.45, 7) is 4.63. The van der Waals surface area contributed by atoms with E-state index in [0.29, 0.717) is 28.8 Å². The van der Waals surface area contributed by atoms with Gasteiger partial charge in [0.1, 0.15) is 17.1 Å². The van der Waals surface area contributed by atoms with Crippen LogP contribution in [0, 0.1) is 11.3 Å². The minimum Gasteiger partial charge on any atom is -0.370 e. The first-order chi connectivity index (χ1) is 9.30. The Hall–Kier alpha value is -1.71. The summed E-state index contributed by atoms with van der Waals surface area (Å²) in [5.41, 5.74) is 0.559. The molecule has 0 radical (unpaired) electrons. The van der Waals surface area contributed by atoms with Crippen LogP contribution in [0.2, 0.25) is 0 Å². The number of ether oxygens (including phenoxy) is 1. The summed E-state index contributed by atoms with van der Waals surface area (Å²) in [7, 11) is 0. The van der Waals surface area contributed by atoms with Crippen molar-refractivity contribution in [2.45, 2.75) is 32.8 Å². The maximum Gasteiger partial charge on any atom is 0.269 e. The quantitative estimate of drug-likeness (QED) is 0.807. The summed E-state index contributed by atoms with van der Waals surface area (Å²) in [6, 6.07) is 3.86. The lowest BCUT2D eigenvalue weighted by atomic mass is 10.2. The standard InChI is InChI=1S/C13H15N3O2S/c1-3-5-10(17-4-2)12-15-13(18-16-12)11-9(8-14)6-7-19-11/h6-7,10H,3-5H2,1-2H3. The average Bonchev–Trinajstić information content (AvgIpc) is 3.06. The lowest BCUT2D eigenvalue weighted by Crippen LogP contribution is -2.05. The van der Waals surface area contributed by atoms with Crippen LogP contribution in [0.5, 0.6) is 0 Å². The van der Waals surface area contributed by atoms with Gasteiger partial charge >= 0.3 is 0 Å². The van der Waals surface area contributed by atoms with Crippen LogP contribution >= 0.6 is 11.3 Å². The van der Waals surface area contributed by atoms with Crippen LogP contribution in [-0.2, 0) is 4.74 Å². The van der Waals surface area contributed by atoms with Crippen LogP contribution in [-0.4, -0.2) is 16.7 Å². The van der Waals surface area contributed by atoms with Crippen LogP contribution in [0.15, 0.2) is 16.0 Å². The molecule has 2 aromatic heterocycles. The van der Waals surface area contributed by atoms with Crippen LogP contribution < -0.4 is 0 Å². The van der Waals surface area contributed by atoms with Crippen molar-refractivity contribution >= 4 is 11.3 Å². The highest BCUT2D eigenvalue weighted by atomic mass is 32.1. The maximum absolute atomic E-state index is 9.00. The molecule has 1 atom stereocenters. The molecule has 0 aliphatic carbocycles. The molecule has 0 aliphatic rings. The fraction of sp³-hybridized carbons (Fsp3) is 0.462. The molecule has 0 bridgehead atoms. The Morgan fingerprint density at radius 1 is 1.53 bits per heavy atom. The van der Waals surface area contributed by atoms with Gasteiger partial charge in [0.2, 0.25) is 5.82 Å². The van der Waals surface area contributed by atoms with Gasteiger partial charge in [0, 0.05) is 6.61 Å². The number of rotatable bonds is 6. The van der Waals surface area contributed by atoms with E-state index >= 15 is 0 Å². The van der Waals surface area contributed by atoms with E-state index in [1.165, 1.54) is 11.3 Å². The number of hydrogen-bond donors (Lipinski definition) is 0. The zero-order valence-electron chi connectivity index (χ0n) is 10.9.